The molecule has 0 aromatic heterocycles. The fourth-order valence-corrected chi connectivity index (χ4v) is 11.6. The van der Waals surface area contributed by atoms with Gasteiger partial charge in [0.2, 0.25) is 0 Å². The first-order chi connectivity index (χ1) is 19.9. The maximum Gasteiger partial charge on any atom is 0.397 e. The molecule has 0 aromatic carbocycles. The summed E-state index contributed by atoms with van der Waals surface area (Å²) in [4.78, 5) is 0. The van der Waals surface area contributed by atoms with Gasteiger partial charge in [0.05, 0.1) is 24.9 Å². The molecule has 0 heterocycles. The molecule has 0 aromatic rings. The largest absolute Gasteiger partial charge is 0.397 e. The molecular formula is C24H42KO16S4. The van der Waals surface area contributed by atoms with Crippen LogP contribution < -0.4 is 0 Å². The van der Waals surface area contributed by atoms with Crippen molar-refractivity contribution in [3.05, 3.63) is 0 Å². The van der Waals surface area contributed by atoms with Gasteiger partial charge in [0.15, 0.2) is 0 Å². The molecule has 4 aliphatic carbocycles. The van der Waals surface area contributed by atoms with Crippen LogP contribution in [0.5, 0.6) is 0 Å². The Morgan fingerprint density at radius 1 is 0.756 bits per heavy atom. The first-order valence-corrected chi connectivity index (χ1v) is 20.0. The third-order valence-electron chi connectivity index (χ3n) is 11.2. The normalized spacial score (nSPS) is 39.6. The van der Waals surface area contributed by atoms with Gasteiger partial charge in [-0.1, -0.05) is 20.8 Å². The summed E-state index contributed by atoms with van der Waals surface area (Å²) >= 11 is 0. The summed E-state index contributed by atoms with van der Waals surface area (Å²) in [6.07, 6.45) is -0.227. The third kappa shape index (κ3) is 9.67. The fourth-order valence-electron chi connectivity index (χ4n) is 9.64. The van der Waals surface area contributed by atoms with E-state index in [-0.39, 0.29) is 108 Å². The van der Waals surface area contributed by atoms with Gasteiger partial charge in [-0.15, -0.1) is 0 Å². The van der Waals surface area contributed by atoms with Gasteiger partial charge < -0.3 is 0 Å². The van der Waals surface area contributed by atoms with E-state index in [1.165, 1.54) is 0 Å². The number of hydrogen-bond acceptors (Lipinski definition) is 12. The molecule has 0 spiro atoms. The molecule has 11 atom stereocenters. The second kappa shape index (κ2) is 14.4. The Labute approximate surface area is 308 Å². The second-order valence-electron chi connectivity index (χ2n) is 13.4. The molecule has 4 saturated carbocycles. The molecular weight excluding hydrogens is 712 g/mol. The van der Waals surface area contributed by atoms with Crippen LogP contribution in [-0.4, -0.2) is 128 Å². The van der Waals surface area contributed by atoms with Crippen LogP contribution in [-0.2, 0) is 58.3 Å². The van der Waals surface area contributed by atoms with Crippen LogP contribution in [0.15, 0.2) is 0 Å². The molecule has 0 saturated heterocycles. The minimum atomic E-state index is -4.94. The predicted molar refractivity (Wildman–Crippen MR) is 157 cm³/mol. The van der Waals surface area contributed by atoms with Gasteiger partial charge in [-0.3, -0.25) is 18.2 Å². The van der Waals surface area contributed by atoms with Crippen molar-refractivity contribution in [2.24, 2.45) is 46.3 Å². The summed E-state index contributed by atoms with van der Waals surface area (Å²) in [5, 5.41) is 0. The molecule has 21 heteroatoms. The molecule has 0 aliphatic heterocycles. The van der Waals surface area contributed by atoms with E-state index < -0.39 is 88.5 Å². The predicted octanol–water partition coefficient (Wildman–Crippen LogP) is 2.28. The van der Waals surface area contributed by atoms with Crippen molar-refractivity contribution in [2.75, 3.05) is 6.61 Å². The van der Waals surface area contributed by atoms with Gasteiger partial charge in [0.25, 0.3) is 0 Å². The maximum absolute atomic E-state index is 12.2. The average Bonchev–Trinajstić information content (AvgIpc) is 3.18. The van der Waals surface area contributed by atoms with Gasteiger partial charge in [0, 0.05) is 56.8 Å². The van der Waals surface area contributed by atoms with Gasteiger partial charge in [0.1, 0.15) is 0 Å². The molecule has 259 valence electrons. The van der Waals surface area contributed by atoms with Crippen molar-refractivity contribution in [2.45, 2.75) is 96.9 Å². The van der Waals surface area contributed by atoms with Crippen molar-refractivity contribution in [1.82, 2.24) is 0 Å². The van der Waals surface area contributed by atoms with E-state index in [0.717, 1.165) is 0 Å². The fraction of sp³-hybridized carbons (Fsp3) is 1.00. The molecule has 0 unspecified atom stereocenters. The zero-order chi connectivity index (χ0) is 33.1. The standard InChI is InChI=1S/C24H42O16S4.K/c1-14(5-4-10-37-41(25,26)27)17-6-7-18-22-19(13-21(24(17,18)3)40-44(34,35)36)23(2)9-8-16(38-42(28,29)30)11-15(23)12-20(22)39-43(31,32)33;/h14-22H,4-13H2,1-3H3,(H,25,26,27)(H,28,29,30)(H,31,32,33)(H,34,35,36);/t14-,15-,16-,17-,18+,19+,20-,21+,22+,23+,24-;/m1./s1. The molecule has 4 fully saturated rings. The zero-order valence-electron chi connectivity index (χ0n) is 25.6. The van der Waals surface area contributed by atoms with E-state index in [0.29, 0.717) is 25.7 Å². The van der Waals surface area contributed by atoms with E-state index in [1.807, 2.05) is 20.8 Å². The Balaban J connectivity index is 0.00000552. The molecule has 4 N–H and O–H groups in total. The van der Waals surface area contributed by atoms with Gasteiger partial charge in [-0.25, -0.2) is 16.7 Å². The Bertz CT molecular complexity index is 1500. The Morgan fingerprint density at radius 3 is 1.91 bits per heavy atom. The minimum Gasteiger partial charge on any atom is -0.264 e. The van der Waals surface area contributed by atoms with E-state index in [2.05, 4.69) is 4.18 Å². The number of rotatable bonds is 12. The van der Waals surface area contributed by atoms with Gasteiger partial charge in [-0.2, -0.15) is 33.7 Å². The first kappa shape index (κ1) is 40.5. The summed E-state index contributed by atoms with van der Waals surface area (Å²) in [5.41, 5.74) is -1.53. The SMILES string of the molecule is C[C@H](CCCOS(=O)(=O)O)[C@H]1CC[C@H]2[C@@H]3[C@H](OS(=O)(=O)O)C[C@H]4C[C@H](OS(=O)(=O)O)CC[C@]4(C)[C@H]3C[C@H](OS(=O)(=O)O)[C@]12C.[K]. The monoisotopic (exact) mass is 753 g/mol. The molecule has 4 aliphatic rings. The average molecular weight is 754 g/mol. The van der Waals surface area contributed by atoms with Crippen molar-refractivity contribution in [1.29, 1.82) is 0 Å². The van der Waals surface area contributed by atoms with Crippen molar-refractivity contribution in [3.63, 3.8) is 0 Å². The van der Waals surface area contributed by atoms with Crippen LogP contribution in [0.2, 0.25) is 0 Å². The molecule has 45 heavy (non-hydrogen) atoms. The quantitative estimate of drug-likeness (QED) is 0.127. The van der Waals surface area contributed by atoms with Crippen molar-refractivity contribution in [3.8, 4) is 0 Å². The molecule has 0 amide bonds. The van der Waals surface area contributed by atoms with Crippen molar-refractivity contribution >= 4 is 93.0 Å². The summed E-state index contributed by atoms with van der Waals surface area (Å²) < 4.78 is 151. The molecule has 1 radical (unpaired) electrons. The zero-order valence-corrected chi connectivity index (χ0v) is 32.0. The van der Waals surface area contributed by atoms with Gasteiger partial charge >= 0.3 is 41.6 Å². The molecule has 16 nitrogen and oxygen atoms in total. The summed E-state index contributed by atoms with van der Waals surface area (Å²) in [7, 11) is -19.3. The number of fused-ring (bicyclic) bond motifs is 5. The second-order valence-corrected chi connectivity index (χ2v) is 17.6. The summed E-state index contributed by atoms with van der Waals surface area (Å²) in [5.74, 6) is -2.07. The van der Waals surface area contributed by atoms with Crippen LogP contribution in [0.25, 0.3) is 0 Å². The minimum absolute atomic E-state index is 0. The maximum atomic E-state index is 12.2. The van der Waals surface area contributed by atoms with E-state index in [4.69, 9.17) is 17.1 Å². The van der Waals surface area contributed by atoms with Crippen LogP contribution in [0.1, 0.15) is 78.6 Å². The smallest absolute Gasteiger partial charge is 0.264 e. The van der Waals surface area contributed by atoms with E-state index in [1.54, 1.807) is 0 Å². The summed E-state index contributed by atoms with van der Waals surface area (Å²) in [6, 6.07) is 0. The van der Waals surface area contributed by atoms with Crippen molar-refractivity contribution < 1.29 is 68.6 Å². The van der Waals surface area contributed by atoms with Crippen LogP contribution in [0.4, 0.5) is 0 Å². The van der Waals surface area contributed by atoms with E-state index >= 15 is 0 Å². The Hall–Kier alpha value is 1.12. The van der Waals surface area contributed by atoms with Crippen LogP contribution in [0.3, 0.4) is 0 Å². The van der Waals surface area contributed by atoms with Crippen LogP contribution >= 0.6 is 0 Å². The first-order valence-electron chi connectivity index (χ1n) is 14.5. The topological polar surface area (TPSA) is 254 Å². The third-order valence-corrected chi connectivity index (χ3v) is 13.2. The van der Waals surface area contributed by atoms with Crippen LogP contribution in [0, 0.1) is 46.3 Å². The molecule has 0 bridgehead atoms. The van der Waals surface area contributed by atoms with Gasteiger partial charge in [-0.05, 0) is 98.7 Å². The van der Waals surface area contributed by atoms with E-state index in [9.17, 15) is 47.3 Å². The Kier molecular flexibility index (Phi) is 13.0. The Morgan fingerprint density at radius 2 is 1.36 bits per heavy atom. The number of hydrogen-bond donors (Lipinski definition) is 4. The molecule has 4 rings (SSSR count). The summed E-state index contributed by atoms with van der Waals surface area (Å²) in [6.45, 7) is 5.43.